The predicted octanol–water partition coefficient (Wildman–Crippen LogP) is 3.83. The summed E-state index contributed by atoms with van der Waals surface area (Å²) in [7, 11) is 0. The molecule has 0 N–H and O–H groups in total. The first-order valence-electron chi connectivity index (χ1n) is 7.23. The molecule has 0 unspecified atom stereocenters. The van der Waals surface area contributed by atoms with Crippen LogP contribution in [0.15, 0.2) is 53.5 Å². The van der Waals surface area contributed by atoms with Crippen molar-refractivity contribution in [2.45, 2.75) is 11.8 Å². The Morgan fingerprint density at radius 1 is 1.08 bits per heavy atom. The van der Waals surface area contributed by atoms with E-state index in [9.17, 15) is 26.7 Å². The van der Waals surface area contributed by atoms with Crippen molar-refractivity contribution in [1.29, 1.82) is 0 Å². The summed E-state index contributed by atoms with van der Waals surface area (Å²) in [5.41, 5.74) is -3.63. The van der Waals surface area contributed by atoms with E-state index >= 15 is 0 Å². The van der Waals surface area contributed by atoms with Gasteiger partial charge < -0.3 is 4.74 Å². The molecule has 0 amide bonds. The van der Waals surface area contributed by atoms with Crippen molar-refractivity contribution in [3.63, 3.8) is 0 Å². The van der Waals surface area contributed by atoms with Crippen molar-refractivity contribution in [2.75, 3.05) is 13.3 Å². The highest BCUT2D eigenvalue weighted by atomic mass is 19.4. The standard InChI is InChI=1S/C17H12F5NO2/c18-9-16(10-19)8-13(23-6-2-1-3-15(23)24)12-7-11(17(20,21)22)4-5-14(12)25-16/h1-8H,9-10H2. The van der Waals surface area contributed by atoms with Gasteiger partial charge in [0.25, 0.3) is 5.56 Å². The Morgan fingerprint density at radius 3 is 2.40 bits per heavy atom. The maximum absolute atomic E-state index is 13.4. The Kier molecular flexibility index (Phi) is 4.14. The Morgan fingerprint density at radius 2 is 1.80 bits per heavy atom. The van der Waals surface area contributed by atoms with Crippen molar-refractivity contribution in [1.82, 2.24) is 4.57 Å². The zero-order valence-electron chi connectivity index (χ0n) is 12.7. The van der Waals surface area contributed by atoms with E-state index in [-0.39, 0.29) is 17.0 Å². The van der Waals surface area contributed by atoms with E-state index in [0.29, 0.717) is 0 Å². The minimum absolute atomic E-state index is 0.0618. The smallest absolute Gasteiger partial charge is 0.416 e. The first kappa shape index (κ1) is 17.2. The molecule has 2 heterocycles. The molecule has 3 nitrogen and oxygen atoms in total. The molecule has 0 fully saturated rings. The molecule has 0 aliphatic carbocycles. The summed E-state index contributed by atoms with van der Waals surface area (Å²) in [4.78, 5) is 12.1. The van der Waals surface area contributed by atoms with Gasteiger partial charge in [0.15, 0.2) is 5.60 Å². The van der Waals surface area contributed by atoms with Crippen molar-refractivity contribution in [2.24, 2.45) is 0 Å². The van der Waals surface area contributed by atoms with Crippen LogP contribution in [-0.2, 0) is 6.18 Å². The number of hydrogen-bond donors (Lipinski definition) is 0. The third-order valence-electron chi connectivity index (χ3n) is 3.83. The van der Waals surface area contributed by atoms with Gasteiger partial charge in [0, 0.05) is 17.8 Å². The molecule has 25 heavy (non-hydrogen) atoms. The minimum atomic E-state index is -4.61. The second kappa shape index (κ2) is 6.02. The maximum Gasteiger partial charge on any atom is 0.416 e. The topological polar surface area (TPSA) is 31.2 Å². The summed E-state index contributed by atoms with van der Waals surface area (Å²) < 4.78 is 72.1. The zero-order valence-corrected chi connectivity index (χ0v) is 12.7. The molecule has 8 heteroatoms. The molecule has 132 valence electrons. The average molecular weight is 357 g/mol. The fourth-order valence-electron chi connectivity index (χ4n) is 2.56. The molecular formula is C17H12F5NO2. The number of rotatable bonds is 3. The number of hydrogen-bond acceptors (Lipinski definition) is 2. The second-order valence-electron chi connectivity index (χ2n) is 5.58. The third kappa shape index (κ3) is 3.04. The van der Waals surface area contributed by atoms with Gasteiger partial charge in [0.2, 0.25) is 0 Å². The lowest BCUT2D eigenvalue weighted by molar-refractivity contribution is -0.137. The molecule has 0 saturated carbocycles. The third-order valence-corrected chi connectivity index (χ3v) is 3.83. The van der Waals surface area contributed by atoms with Crippen LogP contribution in [0.4, 0.5) is 22.0 Å². The highest BCUT2D eigenvalue weighted by Gasteiger charge is 2.39. The number of pyridine rings is 1. The van der Waals surface area contributed by atoms with E-state index in [1.165, 1.54) is 24.4 Å². The molecular weight excluding hydrogens is 345 g/mol. The zero-order chi connectivity index (χ0) is 18.2. The molecule has 1 aromatic carbocycles. The Balaban J connectivity index is 2.27. The maximum atomic E-state index is 13.4. The molecule has 0 bridgehead atoms. The molecule has 3 rings (SSSR count). The molecule has 1 aliphatic heterocycles. The number of ether oxygens (including phenoxy) is 1. The summed E-state index contributed by atoms with van der Waals surface area (Å²) in [6.07, 6.45) is -2.29. The van der Waals surface area contributed by atoms with Gasteiger partial charge in [-0.25, -0.2) is 8.78 Å². The lowest BCUT2D eigenvalue weighted by Gasteiger charge is -2.33. The Labute approximate surface area is 139 Å². The minimum Gasteiger partial charge on any atom is -0.477 e. The molecule has 0 atom stereocenters. The number of alkyl halides is 5. The van der Waals surface area contributed by atoms with Gasteiger partial charge in [0.05, 0.1) is 11.3 Å². The Bertz CT molecular complexity index is 881. The van der Waals surface area contributed by atoms with Gasteiger partial charge in [-0.15, -0.1) is 0 Å². The van der Waals surface area contributed by atoms with Crippen molar-refractivity contribution in [3.8, 4) is 5.75 Å². The lowest BCUT2D eigenvalue weighted by atomic mass is 9.96. The monoisotopic (exact) mass is 357 g/mol. The van der Waals surface area contributed by atoms with Crippen LogP contribution in [0.25, 0.3) is 5.70 Å². The number of nitrogens with zero attached hydrogens (tertiary/aromatic N) is 1. The van der Waals surface area contributed by atoms with Gasteiger partial charge in [-0.05, 0) is 30.3 Å². The van der Waals surface area contributed by atoms with Crippen LogP contribution < -0.4 is 10.3 Å². The van der Waals surface area contributed by atoms with Crippen LogP contribution in [-0.4, -0.2) is 23.5 Å². The summed E-state index contributed by atoms with van der Waals surface area (Å²) in [6, 6.07) is 6.67. The van der Waals surface area contributed by atoms with E-state index < -0.39 is 36.2 Å². The number of benzene rings is 1. The van der Waals surface area contributed by atoms with E-state index in [2.05, 4.69) is 0 Å². The molecule has 0 saturated heterocycles. The van der Waals surface area contributed by atoms with Crippen LogP contribution in [0, 0.1) is 0 Å². The SMILES string of the molecule is O=c1ccccn1C1=CC(CF)(CF)Oc2ccc(C(F)(F)F)cc21. The molecule has 1 aromatic heterocycles. The fraction of sp³-hybridized carbons (Fsp3) is 0.235. The molecule has 2 aromatic rings. The highest BCUT2D eigenvalue weighted by Crippen LogP contribution is 2.40. The lowest BCUT2D eigenvalue weighted by Crippen LogP contribution is -2.42. The average Bonchev–Trinajstić information content (AvgIpc) is 2.60. The van der Waals surface area contributed by atoms with E-state index in [4.69, 9.17) is 4.74 Å². The van der Waals surface area contributed by atoms with Crippen LogP contribution >= 0.6 is 0 Å². The van der Waals surface area contributed by atoms with Crippen LogP contribution in [0.3, 0.4) is 0 Å². The molecule has 0 spiro atoms. The van der Waals surface area contributed by atoms with Crippen LogP contribution in [0.1, 0.15) is 11.1 Å². The molecule has 1 aliphatic rings. The fourth-order valence-corrected chi connectivity index (χ4v) is 2.56. The van der Waals surface area contributed by atoms with Crippen LogP contribution in [0.5, 0.6) is 5.75 Å². The quantitative estimate of drug-likeness (QED) is 0.782. The van der Waals surface area contributed by atoms with Gasteiger partial charge >= 0.3 is 6.18 Å². The summed E-state index contributed by atoms with van der Waals surface area (Å²) in [5, 5.41) is 0. The van der Waals surface area contributed by atoms with Gasteiger partial charge in [-0.3, -0.25) is 9.36 Å². The van der Waals surface area contributed by atoms with E-state index in [1.807, 2.05) is 0 Å². The van der Waals surface area contributed by atoms with Crippen LogP contribution in [0.2, 0.25) is 0 Å². The Hall–Kier alpha value is -2.64. The van der Waals surface area contributed by atoms with E-state index in [1.54, 1.807) is 0 Å². The number of fused-ring (bicyclic) bond motifs is 1. The van der Waals surface area contributed by atoms with E-state index in [0.717, 1.165) is 28.8 Å². The molecule has 0 radical (unpaired) electrons. The van der Waals surface area contributed by atoms with Crippen molar-refractivity contribution < 1.29 is 26.7 Å². The number of halogens is 5. The first-order chi connectivity index (χ1) is 11.8. The van der Waals surface area contributed by atoms with Gasteiger partial charge in [-0.2, -0.15) is 13.2 Å². The van der Waals surface area contributed by atoms with Gasteiger partial charge in [-0.1, -0.05) is 6.07 Å². The van der Waals surface area contributed by atoms with Gasteiger partial charge in [0.1, 0.15) is 19.1 Å². The summed E-state index contributed by atoms with van der Waals surface area (Å²) in [6.45, 7) is -2.48. The van der Waals surface area contributed by atoms with Crippen molar-refractivity contribution >= 4 is 5.70 Å². The van der Waals surface area contributed by atoms with Crippen molar-refractivity contribution in [3.05, 3.63) is 70.2 Å². The highest BCUT2D eigenvalue weighted by molar-refractivity contribution is 5.74. The first-order valence-corrected chi connectivity index (χ1v) is 7.23. The summed E-state index contributed by atoms with van der Waals surface area (Å²) >= 11 is 0. The largest absolute Gasteiger partial charge is 0.477 e. The second-order valence-corrected chi connectivity index (χ2v) is 5.58. The predicted molar refractivity (Wildman–Crippen MR) is 80.8 cm³/mol. The normalized spacial score (nSPS) is 16.0. The summed E-state index contributed by atoms with van der Waals surface area (Å²) in [5.74, 6) is -0.128. The number of aromatic nitrogens is 1.